The Morgan fingerprint density at radius 3 is 1.59 bits per heavy atom. The van der Waals surface area contributed by atoms with Gasteiger partial charge < -0.3 is 0 Å². The van der Waals surface area contributed by atoms with Crippen LogP contribution < -0.4 is 0 Å². The highest BCUT2D eigenvalue weighted by Gasteiger charge is 2.09. The number of nitrogens with zero attached hydrogens (tertiary/aromatic N) is 4. The first-order valence-corrected chi connectivity index (χ1v) is 6.82. The summed E-state index contributed by atoms with van der Waals surface area (Å²) in [6.07, 6.45) is 7.06. The quantitative estimate of drug-likeness (QED) is 0.607. The molecular weight excluding hydrogens is 276 g/mol. The number of pyridine rings is 2. The van der Waals surface area contributed by atoms with Crippen LogP contribution in [0.1, 0.15) is 0 Å². The van der Waals surface area contributed by atoms with E-state index in [0.717, 1.165) is 33.9 Å². The summed E-state index contributed by atoms with van der Waals surface area (Å²) < 4.78 is 0. The number of aromatic amines is 2. The molecule has 4 rings (SSSR count). The fraction of sp³-hybridized carbons (Fsp3) is 0. The Labute approximate surface area is 126 Å². The second-order valence-electron chi connectivity index (χ2n) is 4.82. The van der Waals surface area contributed by atoms with Crippen LogP contribution in [0.3, 0.4) is 0 Å². The zero-order chi connectivity index (χ0) is 14.8. The van der Waals surface area contributed by atoms with Gasteiger partial charge in [0.05, 0.1) is 22.8 Å². The van der Waals surface area contributed by atoms with E-state index in [9.17, 15) is 0 Å². The first-order valence-electron chi connectivity index (χ1n) is 6.82. The molecule has 106 valence electrons. The summed E-state index contributed by atoms with van der Waals surface area (Å²) in [7, 11) is 0. The van der Waals surface area contributed by atoms with Crippen molar-refractivity contribution in [2.45, 2.75) is 0 Å². The Kier molecular flexibility index (Phi) is 2.97. The van der Waals surface area contributed by atoms with Gasteiger partial charge in [0.2, 0.25) is 0 Å². The molecule has 6 heteroatoms. The molecule has 0 aliphatic rings. The van der Waals surface area contributed by atoms with Crippen molar-refractivity contribution in [3.8, 4) is 33.9 Å². The van der Waals surface area contributed by atoms with Gasteiger partial charge in [-0.15, -0.1) is 0 Å². The first kappa shape index (κ1) is 12.5. The molecule has 0 saturated heterocycles. The van der Waals surface area contributed by atoms with Crippen LogP contribution in [0, 0.1) is 0 Å². The third-order valence-corrected chi connectivity index (χ3v) is 3.36. The zero-order valence-electron chi connectivity index (χ0n) is 11.6. The molecule has 0 unspecified atom stereocenters. The lowest BCUT2D eigenvalue weighted by Gasteiger charge is -1.92. The maximum atomic E-state index is 4.32. The number of hydrogen-bond donors (Lipinski definition) is 2. The summed E-state index contributed by atoms with van der Waals surface area (Å²) in [4.78, 5) is 8.21. The molecule has 22 heavy (non-hydrogen) atoms. The zero-order valence-corrected chi connectivity index (χ0v) is 11.6. The van der Waals surface area contributed by atoms with Crippen LogP contribution in [0.2, 0.25) is 0 Å². The van der Waals surface area contributed by atoms with E-state index in [1.165, 1.54) is 0 Å². The van der Waals surface area contributed by atoms with Crippen molar-refractivity contribution in [1.29, 1.82) is 0 Å². The van der Waals surface area contributed by atoms with E-state index in [1.807, 2.05) is 36.4 Å². The van der Waals surface area contributed by atoms with Crippen molar-refractivity contribution < 1.29 is 0 Å². The van der Waals surface area contributed by atoms with Crippen LogP contribution in [0.5, 0.6) is 0 Å². The average molecular weight is 288 g/mol. The molecule has 0 aliphatic carbocycles. The van der Waals surface area contributed by atoms with Crippen LogP contribution >= 0.6 is 0 Å². The number of nitrogens with one attached hydrogen (secondary N) is 2. The summed E-state index contributed by atoms with van der Waals surface area (Å²) >= 11 is 0. The molecule has 0 saturated carbocycles. The summed E-state index contributed by atoms with van der Waals surface area (Å²) in [6, 6.07) is 11.7. The summed E-state index contributed by atoms with van der Waals surface area (Å²) in [5.41, 5.74) is 5.39. The highest BCUT2D eigenvalue weighted by molar-refractivity contribution is 5.69. The molecule has 0 bridgehead atoms. The number of rotatable bonds is 3. The largest absolute Gasteiger partial charge is 0.276 e. The van der Waals surface area contributed by atoms with Gasteiger partial charge in [-0.05, 0) is 36.4 Å². The Hall–Kier alpha value is -3.28. The maximum absolute atomic E-state index is 4.32. The smallest absolute Gasteiger partial charge is 0.0943 e. The molecule has 0 radical (unpaired) electrons. The van der Waals surface area contributed by atoms with Crippen molar-refractivity contribution >= 4 is 0 Å². The van der Waals surface area contributed by atoms with Crippen molar-refractivity contribution in [3.05, 3.63) is 61.2 Å². The fourth-order valence-corrected chi connectivity index (χ4v) is 2.24. The van der Waals surface area contributed by atoms with Crippen LogP contribution in [0.15, 0.2) is 61.2 Å². The molecule has 2 N–H and O–H groups in total. The van der Waals surface area contributed by atoms with E-state index < -0.39 is 0 Å². The minimum atomic E-state index is 0.848. The SMILES string of the molecule is c1cncc(-c2cc(-c3cc(-c4cccnc4)n[nH]3)[nH]n2)c1. The third-order valence-electron chi connectivity index (χ3n) is 3.36. The molecule has 0 fully saturated rings. The molecule has 0 amide bonds. The Morgan fingerprint density at radius 2 is 1.18 bits per heavy atom. The van der Waals surface area contributed by atoms with Gasteiger partial charge in [0.1, 0.15) is 0 Å². The molecule has 4 heterocycles. The van der Waals surface area contributed by atoms with E-state index in [-0.39, 0.29) is 0 Å². The molecule has 4 aromatic rings. The number of H-pyrrole nitrogens is 2. The predicted molar refractivity (Wildman–Crippen MR) is 82.6 cm³/mol. The Bertz CT molecular complexity index is 803. The molecule has 6 nitrogen and oxygen atoms in total. The van der Waals surface area contributed by atoms with Gasteiger partial charge in [-0.25, -0.2) is 0 Å². The van der Waals surface area contributed by atoms with E-state index in [1.54, 1.807) is 24.8 Å². The van der Waals surface area contributed by atoms with Crippen LogP contribution in [-0.2, 0) is 0 Å². The van der Waals surface area contributed by atoms with Gasteiger partial charge in [0.15, 0.2) is 0 Å². The lowest BCUT2D eigenvalue weighted by atomic mass is 10.1. The van der Waals surface area contributed by atoms with Crippen LogP contribution in [0.4, 0.5) is 0 Å². The Morgan fingerprint density at radius 1 is 0.682 bits per heavy atom. The lowest BCUT2D eigenvalue weighted by molar-refractivity contribution is 1.06. The van der Waals surface area contributed by atoms with Crippen molar-refractivity contribution in [1.82, 2.24) is 30.4 Å². The van der Waals surface area contributed by atoms with Gasteiger partial charge in [-0.1, -0.05) is 0 Å². The van der Waals surface area contributed by atoms with Gasteiger partial charge >= 0.3 is 0 Å². The molecule has 0 aromatic carbocycles. The predicted octanol–water partition coefficient (Wildman–Crippen LogP) is 2.92. The lowest BCUT2D eigenvalue weighted by Crippen LogP contribution is -1.78. The first-order chi connectivity index (χ1) is 10.9. The van der Waals surface area contributed by atoms with Gasteiger partial charge in [-0.2, -0.15) is 10.2 Å². The minimum Gasteiger partial charge on any atom is -0.276 e. The fourth-order valence-electron chi connectivity index (χ4n) is 2.24. The number of hydrogen-bond acceptors (Lipinski definition) is 4. The second kappa shape index (κ2) is 5.25. The van der Waals surface area contributed by atoms with Gasteiger partial charge in [0.25, 0.3) is 0 Å². The highest BCUT2D eigenvalue weighted by Crippen LogP contribution is 2.25. The maximum Gasteiger partial charge on any atom is 0.0943 e. The van der Waals surface area contributed by atoms with Crippen molar-refractivity contribution in [2.24, 2.45) is 0 Å². The second-order valence-corrected chi connectivity index (χ2v) is 4.82. The summed E-state index contributed by atoms with van der Waals surface area (Å²) in [5.74, 6) is 0. The average Bonchev–Trinajstić information content (AvgIpc) is 3.26. The molecule has 0 atom stereocenters. The summed E-state index contributed by atoms with van der Waals surface area (Å²) in [5, 5.41) is 14.7. The van der Waals surface area contributed by atoms with Gasteiger partial charge in [-0.3, -0.25) is 20.2 Å². The van der Waals surface area contributed by atoms with Crippen LogP contribution in [-0.4, -0.2) is 30.4 Å². The van der Waals surface area contributed by atoms with Gasteiger partial charge in [0, 0.05) is 35.9 Å². The molecular formula is C16H12N6. The monoisotopic (exact) mass is 288 g/mol. The number of aromatic nitrogens is 6. The van der Waals surface area contributed by atoms with Crippen molar-refractivity contribution in [2.75, 3.05) is 0 Å². The van der Waals surface area contributed by atoms with Crippen molar-refractivity contribution in [3.63, 3.8) is 0 Å². The van der Waals surface area contributed by atoms with E-state index in [2.05, 4.69) is 30.4 Å². The van der Waals surface area contributed by atoms with E-state index in [0.29, 0.717) is 0 Å². The third kappa shape index (κ3) is 2.26. The normalized spacial score (nSPS) is 10.7. The highest BCUT2D eigenvalue weighted by atomic mass is 15.2. The molecule has 4 aromatic heterocycles. The standard InChI is InChI=1S/C16H12N6/c1-3-11(9-17-5-1)13-7-15(21-19-13)16-8-14(20-22-16)12-4-2-6-18-10-12/h1-10H,(H,19,21)(H,20,22). The summed E-state index contributed by atoms with van der Waals surface area (Å²) in [6.45, 7) is 0. The molecule has 0 aliphatic heterocycles. The van der Waals surface area contributed by atoms with Crippen LogP contribution in [0.25, 0.3) is 33.9 Å². The topological polar surface area (TPSA) is 83.1 Å². The van der Waals surface area contributed by atoms with E-state index >= 15 is 0 Å². The minimum absolute atomic E-state index is 0.848. The molecule has 0 spiro atoms. The van der Waals surface area contributed by atoms with E-state index in [4.69, 9.17) is 0 Å². The Balaban J connectivity index is 1.66.